The molecule has 0 spiro atoms. The number of amides is 2. The van der Waals surface area contributed by atoms with E-state index in [9.17, 15) is 14.0 Å². The highest BCUT2D eigenvalue weighted by Crippen LogP contribution is 2.18. The molecule has 1 atom stereocenters. The Labute approximate surface area is 136 Å². The van der Waals surface area contributed by atoms with Crippen LogP contribution < -0.4 is 10.6 Å². The number of aliphatic carboxylic acids is 1. The van der Waals surface area contributed by atoms with Crippen molar-refractivity contribution in [1.82, 2.24) is 5.32 Å². The third-order valence-electron chi connectivity index (χ3n) is 2.95. The highest BCUT2D eigenvalue weighted by Gasteiger charge is 2.08. The SMILES string of the molecule is CC(CCNC(=O)Nc1ccc(F)cc1I)CCC(=O)O. The van der Waals surface area contributed by atoms with Gasteiger partial charge in [0, 0.05) is 16.5 Å². The summed E-state index contributed by atoms with van der Waals surface area (Å²) in [5.74, 6) is -0.927. The van der Waals surface area contributed by atoms with Crippen LogP contribution in [0, 0.1) is 15.3 Å². The Morgan fingerprint density at radius 3 is 2.71 bits per heavy atom. The quantitative estimate of drug-likeness (QED) is 0.605. The van der Waals surface area contributed by atoms with Crippen molar-refractivity contribution in [1.29, 1.82) is 0 Å². The van der Waals surface area contributed by atoms with Crippen molar-refractivity contribution in [2.45, 2.75) is 26.2 Å². The average molecular weight is 408 g/mol. The number of hydrogen-bond acceptors (Lipinski definition) is 2. The van der Waals surface area contributed by atoms with E-state index in [0.717, 1.165) is 0 Å². The van der Waals surface area contributed by atoms with Crippen LogP contribution in [0.3, 0.4) is 0 Å². The number of carbonyl (C=O) groups is 2. The summed E-state index contributed by atoms with van der Waals surface area (Å²) in [7, 11) is 0. The molecule has 0 fully saturated rings. The van der Waals surface area contributed by atoms with Gasteiger partial charge in [0.2, 0.25) is 0 Å². The fourth-order valence-corrected chi connectivity index (χ4v) is 2.32. The van der Waals surface area contributed by atoms with E-state index in [4.69, 9.17) is 5.11 Å². The van der Waals surface area contributed by atoms with Crippen LogP contribution in [0.25, 0.3) is 0 Å². The molecule has 0 heterocycles. The van der Waals surface area contributed by atoms with Gasteiger partial charge in [-0.15, -0.1) is 0 Å². The van der Waals surface area contributed by atoms with Gasteiger partial charge in [-0.3, -0.25) is 4.79 Å². The lowest BCUT2D eigenvalue weighted by Crippen LogP contribution is -2.30. The van der Waals surface area contributed by atoms with E-state index in [1.54, 1.807) is 0 Å². The Morgan fingerprint density at radius 1 is 1.38 bits per heavy atom. The zero-order chi connectivity index (χ0) is 15.8. The van der Waals surface area contributed by atoms with Crippen LogP contribution >= 0.6 is 22.6 Å². The summed E-state index contributed by atoms with van der Waals surface area (Å²) in [6.45, 7) is 2.41. The summed E-state index contributed by atoms with van der Waals surface area (Å²) in [5.41, 5.74) is 0.549. The van der Waals surface area contributed by atoms with Crippen molar-refractivity contribution in [2.75, 3.05) is 11.9 Å². The molecule has 5 nitrogen and oxygen atoms in total. The number of carboxylic acids is 1. The third-order valence-corrected chi connectivity index (χ3v) is 3.85. The molecular formula is C14H18FIN2O3. The highest BCUT2D eigenvalue weighted by atomic mass is 127. The van der Waals surface area contributed by atoms with Gasteiger partial charge in [-0.1, -0.05) is 6.92 Å². The number of rotatable bonds is 7. The first kappa shape index (κ1) is 17.7. The molecule has 116 valence electrons. The van der Waals surface area contributed by atoms with Gasteiger partial charge in [0.25, 0.3) is 0 Å². The summed E-state index contributed by atoms with van der Waals surface area (Å²) < 4.78 is 13.6. The van der Waals surface area contributed by atoms with Crippen LogP contribution in [0.15, 0.2) is 18.2 Å². The Kier molecular flexibility index (Phi) is 7.41. The molecule has 0 saturated heterocycles. The van der Waals surface area contributed by atoms with Crippen LogP contribution in [0.2, 0.25) is 0 Å². The predicted molar refractivity (Wildman–Crippen MR) is 86.8 cm³/mol. The van der Waals surface area contributed by atoms with E-state index in [1.807, 2.05) is 29.5 Å². The maximum Gasteiger partial charge on any atom is 0.319 e. The lowest BCUT2D eigenvalue weighted by Gasteiger charge is -2.12. The van der Waals surface area contributed by atoms with Gasteiger partial charge in [0.05, 0.1) is 5.69 Å². The third kappa shape index (κ3) is 7.26. The molecule has 0 bridgehead atoms. The van der Waals surface area contributed by atoms with E-state index >= 15 is 0 Å². The molecule has 3 N–H and O–H groups in total. The van der Waals surface area contributed by atoms with Crippen molar-refractivity contribution in [3.63, 3.8) is 0 Å². The molecule has 0 aliphatic heterocycles. The monoisotopic (exact) mass is 408 g/mol. The lowest BCUT2D eigenvalue weighted by atomic mass is 10.0. The topological polar surface area (TPSA) is 78.4 Å². The molecule has 0 saturated carbocycles. The lowest BCUT2D eigenvalue weighted by molar-refractivity contribution is -0.137. The first-order chi connectivity index (χ1) is 9.88. The number of nitrogens with one attached hydrogen (secondary N) is 2. The minimum atomic E-state index is -0.807. The van der Waals surface area contributed by atoms with Gasteiger partial charge in [-0.25, -0.2) is 9.18 Å². The summed E-state index contributed by atoms with van der Waals surface area (Å²) in [5, 5.41) is 13.9. The van der Waals surface area contributed by atoms with Crippen LogP contribution in [0.1, 0.15) is 26.2 Å². The van der Waals surface area contributed by atoms with E-state index in [2.05, 4.69) is 10.6 Å². The number of halogens is 2. The molecule has 0 aliphatic carbocycles. The Bertz CT molecular complexity index is 511. The molecule has 1 rings (SSSR count). The molecule has 21 heavy (non-hydrogen) atoms. The number of hydrogen-bond donors (Lipinski definition) is 3. The van der Waals surface area contributed by atoms with Crippen LogP contribution in [0.5, 0.6) is 0 Å². The minimum absolute atomic E-state index is 0.140. The van der Waals surface area contributed by atoms with Gasteiger partial charge in [0.1, 0.15) is 5.82 Å². The number of urea groups is 1. The number of carboxylic acid groups (broad SMARTS) is 1. The van der Waals surface area contributed by atoms with E-state index < -0.39 is 5.97 Å². The van der Waals surface area contributed by atoms with Crippen molar-refractivity contribution in [3.8, 4) is 0 Å². The number of carbonyl (C=O) groups excluding carboxylic acids is 1. The fourth-order valence-electron chi connectivity index (χ4n) is 1.70. The van der Waals surface area contributed by atoms with Gasteiger partial charge < -0.3 is 15.7 Å². The molecule has 1 unspecified atom stereocenters. The second kappa shape index (κ2) is 8.81. The molecule has 1 aromatic carbocycles. The fraction of sp³-hybridized carbons (Fsp3) is 0.429. The van der Waals surface area contributed by atoms with Gasteiger partial charge >= 0.3 is 12.0 Å². The van der Waals surface area contributed by atoms with Crippen molar-refractivity contribution in [2.24, 2.45) is 5.92 Å². The normalized spacial score (nSPS) is 11.8. The maximum atomic E-state index is 12.9. The Morgan fingerprint density at radius 2 is 2.10 bits per heavy atom. The Balaban J connectivity index is 2.29. The van der Waals surface area contributed by atoms with E-state index in [1.165, 1.54) is 18.2 Å². The van der Waals surface area contributed by atoms with Gasteiger partial charge in [-0.2, -0.15) is 0 Å². The zero-order valence-corrected chi connectivity index (χ0v) is 13.8. The van der Waals surface area contributed by atoms with Gasteiger partial charge in [0.15, 0.2) is 0 Å². The van der Waals surface area contributed by atoms with E-state index in [-0.39, 0.29) is 24.2 Å². The Hall–Kier alpha value is -1.38. The summed E-state index contributed by atoms with van der Waals surface area (Å²) in [4.78, 5) is 22.1. The molecule has 0 aromatic heterocycles. The molecule has 2 amide bonds. The molecule has 1 aromatic rings. The highest BCUT2D eigenvalue weighted by molar-refractivity contribution is 14.1. The maximum absolute atomic E-state index is 12.9. The smallest absolute Gasteiger partial charge is 0.319 e. The number of anilines is 1. The first-order valence-electron chi connectivity index (χ1n) is 6.60. The molecule has 7 heteroatoms. The second-order valence-corrected chi connectivity index (χ2v) is 5.99. The van der Waals surface area contributed by atoms with Crippen LogP contribution in [0.4, 0.5) is 14.9 Å². The van der Waals surface area contributed by atoms with Gasteiger partial charge in [-0.05, 0) is 59.5 Å². The second-order valence-electron chi connectivity index (χ2n) is 4.83. The van der Waals surface area contributed by atoms with Crippen molar-refractivity contribution >= 4 is 40.3 Å². The minimum Gasteiger partial charge on any atom is -0.481 e. The molecular weight excluding hydrogens is 390 g/mol. The largest absolute Gasteiger partial charge is 0.481 e. The standard InChI is InChI=1S/C14H18FIN2O3/c1-9(2-5-13(19)20)6-7-17-14(21)18-12-4-3-10(15)8-11(12)16/h3-4,8-9H,2,5-7H2,1H3,(H,19,20)(H2,17,18,21). The van der Waals surface area contributed by atoms with Crippen LogP contribution in [-0.2, 0) is 4.79 Å². The number of benzene rings is 1. The molecule has 0 aliphatic rings. The first-order valence-corrected chi connectivity index (χ1v) is 7.68. The van der Waals surface area contributed by atoms with E-state index in [0.29, 0.717) is 28.6 Å². The zero-order valence-electron chi connectivity index (χ0n) is 11.7. The summed E-state index contributed by atoms with van der Waals surface area (Å²) >= 11 is 1.95. The average Bonchev–Trinajstić information content (AvgIpc) is 2.39. The van der Waals surface area contributed by atoms with Crippen molar-refractivity contribution in [3.05, 3.63) is 27.6 Å². The van der Waals surface area contributed by atoms with Crippen molar-refractivity contribution < 1.29 is 19.1 Å². The predicted octanol–water partition coefficient (Wildman–Crippen LogP) is 3.44. The summed E-state index contributed by atoms with van der Waals surface area (Å²) in [6, 6.07) is 3.77. The molecule has 0 radical (unpaired) electrons. The summed E-state index contributed by atoms with van der Waals surface area (Å²) in [6.07, 6.45) is 1.44. The van der Waals surface area contributed by atoms with Crippen LogP contribution in [-0.4, -0.2) is 23.7 Å².